The Morgan fingerprint density at radius 1 is 1.35 bits per heavy atom. The van der Waals surface area contributed by atoms with Gasteiger partial charge in [0.25, 0.3) is 5.91 Å². The summed E-state index contributed by atoms with van der Waals surface area (Å²) < 4.78 is 6.72. The molecule has 0 aliphatic rings. The lowest BCUT2D eigenvalue weighted by atomic mass is 10.2. The summed E-state index contributed by atoms with van der Waals surface area (Å²) in [5.74, 6) is 0.601. The van der Waals surface area contributed by atoms with E-state index in [0.29, 0.717) is 5.75 Å². The molecule has 2 N–H and O–H groups in total. The molecule has 1 aromatic rings. The second-order valence-corrected chi connectivity index (χ2v) is 5.81. The zero-order chi connectivity index (χ0) is 15.1. The molecule has 1 aromatic carbocycles. The third-order valence-corrected chi connectivity index (χ3v) is 3.47. The minimum absolute atomic E-state index is 0.101. The summed E-state index contributed by atoms with van der Waals surface area (Å²) in [4.78, 5) is 11.8. The number of carbonyl (C=O) groups is 1. The first-order valence-corrected chi connectivity index (χ1v) is 7.69. The van der Waals surface area contributed by atoms with Crippen LogP contribution in [0.1, 0.15) is 33.3 Å². The van der Waals surface area contributed by atoms with Gasteiger partial charge in [-0.1, -0.05) is 22.9 Å². The van der Waals surface area contributed by atoms with Crippen molar-refractivity contribution in [1.82, 2.24) is 10.6 Å². The van der Waals surface area contributed by atoms with Crippen molar-refractivity contribution in [2.24, 2.45) is 0 Å². The maximum absolute atomic E-state index is 11.8. The molecule has 0 saturated carbocycles. The first kappa shape index (κ1) is 17.0. The Morgan fingerprint density at radius 3 is 2.65 bits per heavy atom. The number of hydrogen-bond acceptors (Lipinski definition) is 3. The first-order valence-electron chi connectivity index (χ1n) is 6.90. The fourth-order valence-corrected chi connectivity index (χ4v) is 2.07. The molecule has 0 aliphatic heterocycles. The molecule has 1 rings (SSSR count). The standard InChI is InChI=1S/C15H23BrN2O2/c1-5-17-9-12-8-13(6-7-14(12)16)20-11(4)15(19)18-10(2)3/h6-8,10-11,17H,5,9H2,1-4H3,(H,18,19). The maximum atomic E-state index is 11.8. The number of amides is 1. The molecule has 5 heteroatoms. The van der Waals surface area contributed by atoms with Crippen LogP contribution in [-0.2, 0) is 11.3 Å². The van der Waals surface area contributed by atoms with Gasteiger partial charge in [-0.25, -0.2) is 0 Å². The summed E-state index contributed by atoms with van der Waals surface area (Å²) in [5.41, 5.74) is 1.11. The Morgan fingerprint density at radius 2 is 2.05 bits per heavy atom. The van der Waals surface area contributed by atoms with Crippen LogP contribution in [0.3, 0.4) is 0 Å². The Hall–Kier alpha value is -1.07. The van der Waals surface area contributed by atoms with Crippen LogP contribution in [0.4, 0.5) is 0 Å². The second-order valence-electron chi connectivity index (χ2n) is 4.96. The van der Waals surface area contributed by atoms with Gasteiger partial charge in [-0.2, -0.15) is 0 Å². The fraction of sp³-hybridized carbons (Fsp3) is 0.533. The lowest BCUT2D eigenvalue weighted by Crippen LogP contribution is -2.40. The number of ether oxygens (including phenoxy) is 1. The van der Waals surface area contributed by atoms with E-state index >= 15 is 0 Å². The van der Waals surface area contributed by atoms with Gasteiger partial charge >= 0.3 is 0 Å². The van der Waals surface area contributed by atoms with Crippen LogP contribution in [-0.4, -0.2) is 24.6 Å². The molecule has 0 heterocycles. The molecule has 1 atom stereocenters. The summed E-state index contributed by atoms with van der Waals surface area (Å²) >= 11 is 3.51. The SMILES string of the molecule is CCNCc1cc(OC(C)C(=O)NC(C)C)ccc1Br. The van der Waals surface area contributed by atoms with E-state index in [0.717, 1.165) is 23.1 Å². The summed E-state index contributed by atoms with van der Waals surface area (Å²) in [6, 6.07) is 5.86. The van der Waals surface area contributed by atoms with Crippen LogP contribution in [0.25, 0.3) is 0 Å². The molecule has 112 valence electrons. The molecular formula is C15H23BrN2O2. The summed E-state index contributed by atoms with van der Waals surface area (Å²) in [6.07, 6.45) is -0.509. The van der Waals surface area contributed by atoms with Gasteiger partial charge in [0.05, 0.1) is 0 Å². The Kier molecular flexibility index (Phi) is 7.02. The van der Waals surface area contributed by atoms with Crippen molar-refractivity contribution in [2.75, 3.05) is 6.54 Å². The predicted molar refractivity (Wildman–Crippen MR) is 84.9 cm³/mol. The molecule has 1 amide bonds. The number of rotatable bonds is 7. The summed E-state index contributed by atoms with van der Waals surface area (Å²) in [7, 11) is 0. The Bertz CT molecular complexity index is 449. The maximum Gasteiger partial charge on any atom is 0.260 e. The number of carbonyl (C=O) groups excluding carboxylic acids is 1. The van der Waals surface area contributed by atoms with Crippen LogP contribution in [0.2, 0.25) is 0 Å². The van der Waals surface area contributed by atoms with Crippen LogP contribution < -0.4 is 15.4 Å². The van der Waals surface area contributed by atoms with Crippen molar-refractivity contribution in [1.29, 1.82) is 0 Å². The van der Waals surface area contributed by atoms with E-state index in [4.69, 9.17) is 4.74 Å². The normalized spacial score (nSPS) is 12.3. The Balaban J connectivity index is 2.69. The van der Waals surface area contributed by atoms with Gasteiger partial charge in [0.1, 0.15) is 5.75 Å². The number of hydrogen-bond donors (Lipinski definition) is 2. The lowest BCUT2D eigenvalue weighted by Gasteiger charge is -2.17. The fourth-order valence-electron chi connectivity index (χ4n) is 1.68. The molecule has 0 bridgehead atoms. The number of halogens is 1. The average Bonchev–Trinajstić information content (AvgIpc) is 2.38. The second kappa shape index (κ2) is 8.27. The van der Waals surface area contributed by atoms with E-state index < -0.39 is 6.10 Å². The average molecular weight is 343 g/mol. The van der Waals surface area contributed by atoms with Crippen LogP contribution in [0, 0.1) is 0 Å². The molecule has 0 fully saturated rings. The molecule has 0 aromatic heterocycles. The van der Waals surface area contributed by atoms with Gasteiger partial charge < -0.3 is 15.4 Å². The zero-order valence-corrected chi connectivity index (χ0v) is 14.1. The summed E-state index contributed by atoms with van der Waals surface area (Å²) in [6.45, 7) is 9.35. The van der Waals surface area contributed by atoms with Crippen molar-refractivity contribution in [3.05, 3.63) is 28.2 Å². The van der Waals surface area contributed by atoms with E-state index in [1.54, 1.807) is 6.92 Å². The van der Waals surface area contributed by atoms with Crippen LogP contribution in [0.5, 0.6) is 5.75 Å². The molecule has 0 aliphatic carbocycles. The van der Waals surface area contributed by atoms with Gasteiger partial charge in [-0.3, -0.25) is 4.79 Å². The first-order chi connectivity index (χ1) is 9.43. The molecule has 0 radical (unpaired) electrons. The third-order valence-electron chi connectivity index (χ3n) is 2.70. The monoisotopic (exact) mass is 342 g/mol. The summed E-state index contributed by atoms with van der Waals surface area (Å²) in [5, 5.41) is 6.11. The minimum Gasteiger partial charge on any atom is -0.481 e. The highest BCUT2D eigenvalue weighted by atomic mass is 79.9. The van der Waals surface area contributed by atoms with E-state index in [9.17, 15) is 4.79 Å². The topological polar surface area (TPSA) is 50.4 Å². The number of nitrogens with one attached hydrogen (secondary N) is 2. The van der Waals surface area contributed by atoms with E-state index in [-0.39, 0.29) is 11.9 Å². The molecular weight excluding hydrogens is 320 g/mol. The van der Waals surface area contributed by atoms with Gasteiger partial charge in [0, 0.05) is 17.1 Å². The van der Waals surface area contributed by atoms with E-state index in [1.165, 1.54) is 0 Å². The van der Waals surface area contributed by atoms with Crippen LogP contribution in [0.15, 0.2) is 22.7 Å². The van der Waals surface area contributed by atoms with Gasteiger partial charge in [-0.15, -0.1) is 0 Å². The minimum atomic E-state index is -0.509. The Labute approximate surface area is 129 Å². The lowest BCUT2D eigenvalue weighted by molar-refractivity contribution is -0.127. The van der Waals surface area contributed by atoms with Crippen LogP contribution >= 0.6 is 15.9 Å². The van der Waals surface area contributed by atoms with Crippen molar-refractivity contribution < 1.29 is 9.53 Å². The smallest absolute Gasteiger partial charge is 0.260 e. The highest BCUT2D eigenvalue weighted by molar-refractivity contribution is 9.10. The highest BCUT2D eigenvalue weighted by Gasteiger charge is 2.15. The molecule has 0 spiro atoms. The third kappa shape index (κ3) is 5.51. The largest absolute Gasteiger partial charge is 0.481 e. The van der Waals surface area contributed by atoms with E-state index in [2.05, 4.69) is 33.5 Å². The molecule has 20 heavy (non-hydrogen) atoms. The predicted octanol–water partition coefficient (Wildman–Crippen LogP) is 2.85. The quantitative estimate of drug-likeness (QED) is 0.800. The zero-order valence-electron chi connectivity index (χ0n) is 12.5. The molecule has 4 nitrogen and oxygen atoms in total. The van der Waals surface area contributed by atoms with Gasteiger partial charge in [-0.05, 0) is 51.1 Å². The molecule has 0 saturated heterocycles. The van der Waals surface area contributed by atoms with Crippen molar-refractivity contribution in [2.45, 2.75) is 46.4 Å². The van der Waals surface area contributed by atoms with Crippen molar-refractivity contribution in [3.8, 4) is 5.75 Å². The molecule has 1 unspecified atom stereocenters. The van der Waals surface area contributed by atoms with Gasteiger partial charge in [0.2, 0.25) is 0 Å². The van der Waals surface area contributed by atoms with Crippen molar-refractivity contribution >= 4 is 21.8 Å². The van der Waals surface area contributed by atoms with Gasteiger partial charge in [0.15, 0.2) is 6.10 Å². The van der Waals surface area contributed by atoms with Crippen molar-refractivity contribution in [3.63, 3.8) is 0 Å². The highest BCUT2D eigenvalue weighted by Crippen LogP contribution is 2.23. The number of benzene rings is 1. The van der Waals surface area contributed by atoms with E-state index in [1.807, 2.05) is 32.0 Å².